The first-order chi connectivity index (χ1) is 13.7. The molecule has 3 aromatic rings. The van der Waals surface area contributed by atoms with Crippen molar-refractivity contribution in [3.05, 3.63) is 65.7 Å². The van der Waals surface area contributed by atoms with Crippen LogP contribution in [0.1, 0.15) is 43.2 Å². The van der Waals surface area contributed by atoms with Crippen molar-refractivity contribution in [1.29, 1.82) is 0 Å². The zero-order valence-electron chi connectivity index (χ0n) is 16.5. The van der Waals surface area contributed by atoms with Crippen molar-refractivity contribution in [2.24, 2.45) is 11.8 Å². The maximum absolute atomic E-state index is 11.7. The molecular formula is C24H28N2O2. The van der Waals surface area contributed by atoms with Crippen LogP contribution in [0.25, 0.3) is 11.0 Å². The highest BCUT2D eigenvalue weighted by Gasteiger charge is 2.52. The van der Waals surface area contributed by atoms with Crippen LogP contribution in [0.4, 0.5) is 0 Å². The molecule has 1 N–H and O–H groups in total. The van der Waals surface area contributed by atoms with Gasteiger partial charge in [0.2, 0.25) is 0 Å². The lowest BCUT2D eigenvalue weighted by molar-refractivity contribution is -0.151. The zero-order valence-corrected chi connectivity index (χ0v) is 16.5. The summed E-state index contributed by atoms with van der Waals surface area (Å²) in [6, 6.07) is 14.3. The maximum atomic E-state index is 11.7. The van der Waals surface area contributed by atoms with Gasteiger partial charge in [0.05, 0.1) is 5.69 Å². The fourth-order valence-corrected chi connectivity index (χ4v) is 5.52. The van der Waals surface area contributed by atoms with E-state index in [1.54, 1.807) is 6.20 Å². The molecule has 2 aromatic heterocycles. The first kappa shape index (κ1) is 17.9. The van der Waals surface area contributed by atoms with Gasteiger partial charge in [-0.2, -0.15) is 0 Å². The van der Waals surface area contributed by atoms with Gasteiger partial charge in [-0.3, -0.25) is 9.88 Å². The molecule has 2 aliphatic rings. The van der Waals surface area contributed by atoms with Crippen LogP contribution < -0.4 is 0 Å². The smallest absolute Gasteiger partial charge is 0.134 e. The van der Waals surface area contributed by atoms with E-state index in [0.717, 1.165) is 55.9 Å². The lowest BCUT2D eigenvalue weighted by atomic mass is 9.64. The molecule has 0 spiro atoms. The summed E-state index contributed by atoms with van der Waals surface area (Å²) in [6.45, 7) is 4.87. The lowest BCUT2D eigenvalue weighted by Gasteiger charge is -2.52. The first-order valence-electron chi connectivity index (χ1n) is 10.6. The number of pyridine rings is 1. The van der Waals surface area contributed by atoms with E-state index in [0.29, 0.717) is 0 Å². The predicted octanol–water partition coefficient (Wildman–Crippen LogP) is 4.51. The minimum atomic E-state index is -0.790. The molecule has 2 bridgehead atoms. The molecule has 1 saturated carbocycles. The second-order valence-corrected chi connectivity index (χ2v) is 8.41. The summed E-state index contributed by atoms with van der Waals surface area (Å²) >= 11 is 0. The van der Waals surface area contributed by atoms with Gasteiger partial charge in [-0.05, 0) is 31.0 Å². The normalized spacial score (nSPS) is 27.9. The quantitative estimate of drug-likeness (QED) is 0.728. The molecule has 4 nitrogen and oxygen atoms in total. The van der Waals surface area contributed by atoms with E-state index in [2.05, 4.69) is 35.0 Å². The Morgan fingerprint density at radius 2 is 1.86 bits per heavy atom. The fraction of sp³-hybridized carbons (Fsp3) is 0.458. The first-order valence-corrected chi connectivity index (χ1v) is 10.6. The Morgan fingerprint density at radius 3 is 2.57 bits per heavy atom. The Kier molecular flexibility index (Phi) is 4.48. The van der Waals surface area contributed by atoms with Crippen molar-refractivity contribution in [3.63, 3.8) is 0 Å². The standard InChI is InChI=1S/C24H28N2O2/c1-2-21-20(19-10-3-4-11-22(19)28-21)16-26-14-17-8-7-9-18(15-26)24(17,27)23-12-5-6-13-25-23/h3-6,10-13,17-18,27H,2,7-9,14-16H2,1H3/t17-,18-/m1/s1. The van der Waals surface area contributed by atoms with Crippen LogP contribution in [0.15, 0.2) is 53.1 Å². The van der Waals surface area contributed by atoms with Crippen molar-refractivity contribution in [2.45, 2.75) is 44.8 Å². The van der Waals surface area contributed by atoms with Crippen molar-refractivity contribution < 1.29 is 9.52 Å². The number of furan rings is 1. The second-order valence-electron chi connectivity index (χ2n) is 8.41. The Bertz CT molecular complexity index is 951. The van der Waals surface area contributed by atoms with Gasteiger partial charge >= 0.3 is 0 Å². The number of piperidine rings is 1. The zero-order chi connectivity index (χ0) is 19.1. The predicted molar refractivity (Wildman–Crippen MR) is 110 cm³/mol. The van der Waals surface area contributed by atoms with Crippen LogP contribution in [-0.2, 0) is 18.6 Å². The molecule has 1 aromatic carbocycles. The number of nitrogens with zero attached hydrogens (tertiary/aromatic N) is 2. The molecule has 2 atom stereocenters. The van der Waals surface area contributed by atoms with Crippen molar-refractivity contribution in [3.8, 4) is 0 Å². The number of rotatable bonds is 4. The summed E-state index contributed by atoms with van der Waals surface area (Å²) < 4.78 is 6.11. The minimum absolute atomic E-state index is 0.234. The van der Waals surface area contributed by atoms with Crippen LogP contribution in [-0.4, -0.2) is 28.1 Å². The highest BCUT2D eigenvalue weighted by Crippen LogP contribution is 2.49. The fourth-order valence-electron chi connectivity index (χ4n) is 5.52. The molecule has 1 aliphatic carbocycles. The summed E-state index contributed by atoms with van der Waals surface area (Å²) in [5.74, 6) is 1.56. The molecule has 4 heteroatoms. The average Bonchev–Trinajstić information content (AvgIpc) is 3.07. The van der Waals surface area contributed by atoms with Crippen molar-refractivity contribution in [1.82, 2.24) is 9.88 Å². The topological polar surface area (TPSA) is 49.5 Å². The third-order valence-electron chi connectivity index (χ3n) is 6.87. The summed E-state index contributed by atoms with van der Waals surface area (Å²) in [4.78, 5) is 7.07. The summed E-state index contributed by atoms with van der Waals surface area (Å²) in [7, 11) is 0. The van der Waals surface area contributed by atoms with E-state index in [-0.39, 0.29) is 11.8 Å². The number of benzene rings is 1. The third kappa shape index (κ3) is 2.78. The molecule has 0 radical (unpaired) electrons. The van der Waals surface area contributed by atoms with Crippen LogP contribution >= 0.6 is 0 Å². The molecule has 28 heavy (non-hydrogen) atoms. The van der Waals surface area contributed by atoms with Crippen molar-refractivity contribution >= 4 is 11.0 Å². The third-order valence-corrected chi connectivity index (χ3v) is 6.87. The number of hydrogen-bond acceptors (Lipinski definition) is 4. The number of aromatic nitrogens is 1. The van der Waals surface area contributed by atoms with Gasteiger partial charge in [0.15, 0.2) is 0 Å². The van der Waals surface area contributed by atoms with Gasteiger partial charge in [0.1, 0.15) is 16.9 Å². The summed E-state index contributed by atoms with van der Waals surface area (Å²) in [5.41, 5.74) is 2.37. The molecule has 146 valence electrons. The highest BCUT2D eigenvalue weighted by atomic mass is 16.3. The second kappa shape index (κ2) is 7.02. The monoisotopic (exact) mass is 376 g/mol. The van der Waals surface area contributed by atoms with E-state index in [1.165, 1.54) is 17.4 Å². The Labute approximate surface area is 166 Å². The number of likely N-dealkylation sites (tertiary alicyclic amines) is 1. The summed E-state index contributed by atoms with van der Waals surface area (Å²) in [6.07, 6.45) is 6.04. The molecular weight excluding hydrogens is 348 g/mol. The highest BCUT2D eigenvalue weighted by molar-refractivity contribution is 5.82. The summed E-state index contributed by atoms with van der Waals surface area (Å²) in [5, 5.41) is 13.0. The number of fused-ring (bicyclic) bond motifs is 3. The Morgan fingerprint density at radius 1 is 1.11 bits per heavy atom. The van der Waals surface area contributed by atoms with E-state index >= 15 is 0 Å². The van der Waals surface area contributed by atoms with Crippen LogP contribution in [0.3, 0.4) is 0 Å². The van der Waals surface area contributed by atoms with Gasteiger partial charge in [-0.15, -0.1) is 0 Å². The van der Waals surface area contributed by atoms with Crippen LogP contribution in [0, 0.1) is 11.8 Å². The minimum Gasteiger partial charge on any atom is -0.461 e. The Hall–Kier alpha value is -2.17. The van der Waals surface area contributed by atoms with Gasteiger partial charge in [0.25, 0.3) is 0 Å². The van der Waals surface area contributed by atoms with Crippen LogP contribution in [0.2, 0.25) is 0 Å². The number of aryl methyl sites for hydroxylation is 1. The molecule has 2 fully saturated rings. The van der Waals surface area contributed by atoms with Gasteiger partial charge in [-0.1, -0.05) is 37.6 Å². The van der Waals surface area contributed by atoms with Crippen molar-refractivity contribution in [2.75, 3.05) is 13.1 Å². The number of para-hydroxylation sites is 1. The number of hydrogen-bond donors (Lipinski definition) is 1. The molecule has 0 amide bonds. The maximum Gasteiger partial charge on any atom is 0.134 e. The lowest BCUT2D eigenvalue weighted by Crippen LogP contribution is -2.58. The van der Waals surface area contributed by atoms with Gasteiger partial charge in [0, 0.05) is 55.0 Å². The van der Waals surface area contributed by atoms with E-state index in [9.17, 15) is 5.11 Å². The molecule has 3 heterocycles. The number of aliphatic hydroxyl groups is 1. The van der Waals surface area contributed by atoms with Gasteiger partial charge in [-0.25, -0.2) is 0 Å². The van der Waals surface area contributed by atoms with Gasteiger partial charge < -0.3 is 9.52 Å². The SMILES string of the molecule is CCc1oc2ccccc2c1CN1C[C@H]2CCC[C@H](C1)C2(O)c1ccccn1. The molecule has 5 rings (SSSR count). The average molecular weight is 376 g/mol. The molecule has 0 unspecified atom stereocenters. The molecule has 1 saturated heterocycles. The molecule has 1 aliphatic heterocycles. The van der Waals surface area contributed by atoms with E-state index < -0.39 is 5.60 Å². The van der Waals surface area contributed by atoms with E-state index in [1.807, 2.05) is 24.3 Å². The van der Waals surface area contributed by atoms with E-state index in [4.69, 9.17) is 4.42 Å². The Balaban J connectivity index is 1.45. The van der Waals surface area contributed by atoms with Crippen LogP contribution in [0.5, 0.6) is 0 Å². The largest absolute Gasteiger partial charge is 0.461 e.